The van der Waals surface area contributed by atoms with E-state index < -0.39 is 0 Å². The lowest BCUT2D eigenvalue weighted by atomic mass is 10.0. The van der Waals surface area contributed by atoms with Gasteiger partial charge in [-0.2, -0.15) is 0 Å². The molecule has 3 aromatic rings. The third kappa shape index (κ3) is 6.38. The van der Waals surface area contributed by atoms with Gasteiger partial charge in [-0.25, -0.2) is 0 Å². The van der Waals surface area contributed by atoms with E-state index in [0.717, 1.165) is 36.1 Å². The second kappa shape index (κ2) is 12.0. The van der Waals surface area contributed by atoms with E-state index in [1.807, 2.05) is 86.6 Å². The van der Waals surface area contributed by atoms with Gasteiger partial charge in [-0.15, -0.1) is 0 Å². The van der Waals surface area contributed by atoms with Gasteiger partial charge in [0.15, 0.2) is 0 Å². The number of rotatable bonds is 9. The van der Waals surface area contributed by atoms with Crippen molar-refractivity contribution in [1.82, 2.24) is 20.1 Å². The fourth-order valence-corrected chi connectivity index (χ4v) is 4.75. The average molecular weight is 485 g/mol. The van der Waals surface area contributed by atoms with Crippen molar-refractivity contribution in [2.75, 3.05) is 27.2 Å². The van der Waals surface area contributed by atoms with Crippen molar-refractivity contribution in [1.29, 1.82) is 0 Å². The van der Waals surface area contributed by atoms with E-state index in [-0.39, 0.29) is 23.9 Å². The Balaban J connectivity index is 1.54. The van der Waals surface area contributed by atoms with Crippen LogP contribution in [0.2, 0.25) is 0 Å². The van der Waals surface area contributed by atoms with Crippen molar-refractivity contribution in [3.05, 3.63) is 89.7 Å². The number of amides is 2. The molecule has 36 heavy (non-hydrogen) atoms. The van der Waals surface area contributed by atoms with Crippen LogP contribution >= 0.6 is 0 Å². The fraction of sp³-hybridized carbons (Fsp3) is 0.367. The molecular weight excluding hydrogens is 448 g/mol. The molecular formula is C30H36N4O2. The zero-order valence-electron chi connectivity index (χ0n) is 21.5. The van der Waals surface area contributed by atoms with Crippen molar-refractivity contribution in [3.63, 3.8) is 0 Å². The standard InChI is InChI=1S/C30H36N4O2/c1-22(26-7-6-8-27(21-26)29(35)32-28-9-4-5-10-28)34(20-19-33(2)3)30(36)25-13-11-23(12-14-25)24-15-17-31-18-16-24/h6-8,11-18,21-22,28H,4-5,9-10,19-20H2,1-3H3,(H,32,35)/t22-/m1/s1. The van der Waals surface area contributed by atoms with Crippen LogP contribution < -0.4 is 5.32 Å². The Kier molecular flexibility index (Phi) is 8.49. The van der Waals surface area contributed by atoms with Gasteiger partial charge in [-0.1, -0.05) is 37.1 Å². The summed E-state index contributed by atoms with van der Waals surface area (Å²) < 4.78 is 0. The molecule has 188 valence electrons. The van der Waals surface area contributed by atoms with Gasteiger partial charge < -0.3 is 15.1 Å². The molecule has 2 aromatic carbocycles. The number of benzene rings is 2. The van der Waals surface area contributed by atoms with Gasteiger partial charge in [0.25, 0.3) is 11.8 Å². The van der Waals surface area contributed by atoms with Gasteiger partial charge in [-0.05, 0) is 86.9 Å². The van der Waals surface area contributed by atoms with Crippen LogP contribution in [-0.4, -0.2) is 59.8 Å². The monoisotopic (exact) mass is 484 g/mol. The highest BCUT2D eigenvalue weighted by Crippen LogP contribution is 2.25. The summed E-state index contributed by atoms with van der Waals surface area (Å²) in [6, 6.07) is 19.4. The molecule has 1 atom stereocenters. The second-order valence-electron chi connectivity index (χ2n) is 9.87. The molecule has 0 saturated heterocycles. The molecule has 0 radical (unpaired) electrons. The number of aromatic nitrogens is 1. The van der Waals surface area contributed by atoms with Crippen LogP contribution in [0.1, 0.15) is 64.9 Å². The van der Waals surface area contributed by atoms with Crippen LogP contribution in [0.4, 0.5) is 0 Å². The van der Waals surface area contributed by atoms with Crippen LogP contribution in [0.5, 0.6) is 0 Å². The first kappa shape index (κ1) is 25.6. The summed E-state index contributed by atoms with van der Waals surface area (Å²) in [6.45, 7) is 3.36. The predicted molar refractivity (Wildman–Crippen MR) is 144 cm³/mol. The van der Waals surface area contributed by atoms with Gasteiger partial charge in [0, 0.05) is 42.7 Å². The molecule has 1 aliphatic carbocycles. The lowest BCUT2D eigenvalue weighted by Gasteiger charge is -2.31. The average Bonchev–Trinajstić information content (AvgIpc) is 3.42. The van der Waals surface area contributed by atoms with Crippen LogP contribution in [0.15, 0.2) is 73.1 Å². The summed E-state index contributed by atoms with van der Waals surface area (Å²) in [6.07, 6.45) is 7.98. The molecule has 1 aliphatic rings. The number of pyridine rings is 1. The van der Waals surface area contributed by atoms with Crippen LogP contribution in [0, 0.1) is 0 Å². The highest BCUT2D eigenvalue weighted by Gasteiger charge is 2.24. The summed E-state index contributed by atoms with van der Waals surface area (Å²) in [5, 5.41) is 3.17. The smallest absolute Gasteiger partial charge is 0.254 e. The highest BCUT2D eigenvalue weighted by molar-refractivity contribution is 5.96. The van der Waals surface area contributed by atoms with Crippen molar-refractivity contribution < 1.29 is 9.59 Å². The maximum Gasteiger partial charge on any atom is 0.254 e. The van der Waals surface area contributed by atoms with Gasteiger partial charge in [0.1, 0.15) is 0 Å². The summed E-state index contributed by atoms with van der Waals surface area (Å²) in [5.41, 5.74) is 4.36. The molecule has 1 aromatic heterocycles. The van der Waals surface area contributed by atoms with Crippen molar-refractivity contribution in [2.24, 2.45) is 0 Å². The first-order valence-electron chi connectivity index (χ1n) is 12.8. The predicted octanol–water partition coefficient (Wildman–Crippen LogP) is 5.19. The molecule has 1 heterocycles. The van der Waals surface area contributed by atoms with Gasteiger partial charge in [0.05, 0.1) is 6.04 Å². The van der Waals surface area contributed by atoms with Crippen LogP contribution in [0.25, 0.3) is 11.1 Å². The molecule has 1 N–H and O–H groups in total. The molecule has 0 aliphatic heterocycles. The number of likely N-dealkylation sites (N-methyl/N-ethyl adjacent to an activating group) is 1. The van der Waals surface area contributed by atoms with Crippen LogP contribution in [-0.2, 0) is 0 Å². The van der Waals surface area contributed by atoms with E-state index in [1.54, 1.807) is 12.4 Å². The maximum atomic E-state index is 13.7. The van der Waals surface area contributed by atoms with E-state index in [4.69, 9.17) is 0 Å². The minimum atomic E-state index is -0.184. The van der Waals surface area contributed by atoms with Crippen LogP contribution in [0.3, 0.4) is 0 Å². The fourth-order valence-electron chi connectivity index (χ4n) is 4.75. The Hall–Kier alpha value is -3.51. The van der Waals surface area contributed by atoms with Crippen molar-refractivity contribution in [3.8, 4) is 11.1 Å². The largest absolute Gasteiger partial charge is 0.349 e. The summed E-state index contributed by atoms with van der Waals surface area (Å²) in [5.74, 6) is -0.0553. The summed E-state index contributed by atoms with van der Waals surface area (Å²) in [7, 11) is 4.01. The summed E-state index contributed by atoms with van der Waals surface area (Å²) in [4.78, 5) is 34.6. The number of carbonyl (C=O) groups is 2. The Morgan fingerprint density at radius 3 is 2.25 bits per heavy atom. The highest BCUT2D eigenvalue weighted by atomic mass is 16.2. The number of nitrogens with one attached hydrogen (secondary N) is 1. The van der Waals surface area contributed by atoms with E-state index in [1.165, 1.54) is 12.8 Å². The minimum absolute atomic E-state index is 0.0218. The normalized spacial score (nSPS) is 14.6. The van der Waals surface area contributed by atoms with E-state index in [9.17, 15) is 9.59 Å². The third-order valence-electron chi connectivity index (χ3n) is 6.98. The Morgan fingerprint density at radius 2 is 1.58 bits per heavy atom. The van der Waals surface area contributed by atoms with Gasteiger partial charge >= 0.3 is 0 Å². The zero-order valence-corrected chi connectivity index (χ0v) is 21.5. The number of carbonyl (C=O) groups excluding carboxylic acids is 2. The molecule has 0 bridgehead atoms. The van der Waals surface area contributed by atoms with E-state index >= 15 is 0 Å². The number of hydrogen-bond acceptors (Lipinski definition) is 4. The topological polar surface area (TPSA) is 65.5 Å². The lowest BCUT2D eigenvalue weighted by molar-refractivity contribution is 0.0677. The number of hydrogen-bond donors (Lipinski definition) is 1. The lowest BCUT2D eigenvalue weighted by Crippen LogP contribution is -2.38. The number of nitrogens with zero attached hydrogens (tertiary/aromatic N) is 3. The molecule has 6 nitrogen and oxygen atoms in total. The molecule has 6 heteroatoms. The molecule has 2 amide bonds. The Labute approximate surface area is 214 Å². The van der Waals surface area contributed by atoms with E-state index in [2.05, 4.69) is 15.2 Å². The van der Waals surface area contributed by atoms with Gasteiger partial charge in [-0.3, -0.25) is 14.6 Å². The van der Waals surface area contributed by atoms with Gasteiger partial charge in [0.2, 0.25) is 0 Å². The minimum Gasteiger partial charge on any atom is -0.349 e. The third-order valence-corrected chi connectivity index (χ3v) is 6.98. The zero-order chi connectivity index (χ0) is 25.5. The molecule has 1 saturated carbocycles. The first-order chi connectivity index (χ1) is 17.4. The summed E-state index contributed by atoms with van der Waals surface area (Å²) >= 11 is 0. The first-order valence-corrected chi connectivity index (χ1v) is 12.8. The van der Waals surface area contributed by atoms with E-state index in [0.29, 0.717) is 17.7 Å². The van der Waals surface area contributed by atoms with Crippen molar-refractivity contribution >= 4 is 11.8 Å². The molecule has 1 fully saturated rings. The Bertz CT molecular complexity index is 1160. The SMILES string of the molecule is C[C@H](c1cccc(C(=O)NC2CCCC2)c1)N(CCN(C)C)C(=O)c1ccc(-c2ccncc2)cc1. The quantitative estimate of drug-likeness (QED) is 0.454. The Morgan fingerprint density at radius 1 is 0.917 bits per heavy atom. The molecule has 0 unspecified atom stereocenters. The molecule has 0 spiro atoms. The van der Waals surface area contributed by atoms with Crippen molar-refractivity contribution in [2.45, 2.75) is 44.7 Å². The molecule has 4 rings (SSSR count). The second-order valence-corrected chi connectivity index (χ2v) is 9.87. The maximum absolute atomic E-state index is 13.7.